The quantitative estimate of drug-likeness (QED) is 0.309. The second-order valence-corrected chi connectivity index (χ2v) is 2.97. The van der Waals surface area contributed by atoms with Gasteiger partial charge < -0.3 is 4.74 Å². The number of carbonyl (C=O) groups excluding carboxylic acids is 1. The fourth-order valence-electron chi connectivity index (χ4n) is 1.06. The largest absolute Gasteiger partial charge is 0.427 e. The highest BCUT2D eigenvalue weighted by molar-refractivity contribution is 5.72. The zero-order chi connectivity index (χ0) is 10.2. The number of rotatable bonds is 5. The lowest BCUT2D eigenvalue weighted by atomic mass is 10.2. The van der Waals surface area contributed by atoms with Crippen LogP contribution in [-0.4, -0.2) is 5.97 Å². The molecule has 0 radical (unpaired) electrons. The number of allylic oxidation sites excluding steroid dienone is 1. The molecule has 0 fully saturated rings. The first-order chi connectivity index (χ1) is 6.83. The zero-order valence-corrected chi connectivity index (χ0v) is 8.11. The van der Waals surface area contributed by atoms with Gasteiger partial charge in [0.15, 0.2) is 0 Å². The molecule has 0 amide bonds. The Morgan fingerprint density at radius 1 is 1.36 bits per heavy atom. The molecule has 1 aromatic rings. The van der Waals surface area contributed by atoms with Gasteiger partial charge in [0.1, 0.15) is 5.75 Å². The molecule has 0 saturated heterocycles. The second kappa shape index (κ2) is 5.97. The molecule has 1 aromatic carbocycles. The molecule has 0 aromatic heterocycles. The number of carbonyl (C=O) groups is 1. The predicted octanol–water partition coefficient (Wildman–Crippen LogP) is 2.95. The van der Waals surface area contributed by atoms with Crippen molar-refractivity contribution < 1.29 is 9.53 Å². The number of hydrogen-bond donors (Lipinski definition) is 0. The third kappa shape index (κ3) is 3.90. The molecule has 0 atom stereocenters. The molecule has 1 rings (SSSR count). The van der Waals surface area contributed by atoms with Gasteiger partial charge in [0.25, 0.3) is 0 Å². The number of ether oxygens (including phenoxy) is 1. The average Bonchev–Trinajstić information content (AvgIpc) is 2.20. The lowest BCUT2D eigenvalue weighted by molar-refractivity contribution is -0.134. The lowest BCUT2D eigenvalue weighted by Gasteiger charge is -2.02. The summed E-state index contributed by atoms with van der Waals surface area (Å²) < 4.78 is 5.09. The first-order valence-electron chi connectivity index (χ1n) is 4.69. The Hall–Kier alpha value is -1.57. The van der Waals surface area contributed by atoms with Crippen LogP contribution in [0.25, 0.3) is 0 Å². The van der Waals surface area contributed by atoms with Crippen LogP contribution in [0.3, 0.4) is 0 Å². The van der Waals surface area contributed by atoms with E-state index >= 15 is 0 Å². The molecule has 0 N–H and O–H groups in total. The van der Waals surface area contributed by atoms with Gasteiger partial charge in [-0.05, 0) is 25.0 Å². The van der Waals surface area contributed by atoms with Gasteiger partial charge in [0.05, 0.1) is 0 Å². The van der Waals surface area contributed by atoms with Crippen LogP contribution >= 0.6 is 0 Å². The van der Waals surface area contributed by atoms with Crippen molar-refractivity contribution in [3.8, 4) is 5.75 Å². The van der Waals surface area contributed by atoms with Crippen LogP contribution in [-0.2, 0) is 4.79 Å². The molecular formula is C12H14O2. The van der Waals surface area contributed by atoms with Crippen molar-refractivity contribution in [3.05, 3.63) is 43.0 Å². The molecule has 2 nitrogen and oxygen atoms in total. The molecule has 0 aliphatic carbocycles. The van der Waals surface area contributed by atoms with Crippen LogP contribution in [0.1, 0.15) is 19.3 Å². The van der Waals surface area contributed by atoms with E-state index in [1.807, 2.05) is 18.2 Å². The Kier molecular flexibility index (Phi) is 4.48. The summed E-state index contributed by atoms with van der Waals surface area (Å²) in [7, 11) is 0. The monoisotopic (exact) mass is 190 g/mol. The molecule has 0 saturated carbocycles. The van der Waals surface area contributed by atoms with Crippen molar-refractivity contribution in [1.82, 2.24) is 0 Å². The Balaban J connectivity index is 2.31. The van der Waals surface area contributed by atoms with Gasteiger partial charge in [-0.1, -0.05) is 24.3 Å². The summed E-state index contributed by atoms with van der Waals surface area (Å²) in [6.45, 7) is 3.59. The fraction of sp³-hybridized carbons (Fsp3) is 0.250. The summed E-state index contributed by atoms with van der Waals surface area (Å²) in [6.07, 6.45) is 3.90. The minimum atomic E-state index is -0.182. The molecule has 0 unspecified atom stereocenters. The molecule has 74 valence electrons. The first kappa shape index (κ1) is 10.5. The lowest BCUT2D eigenvalue weighted by Crippen LogP contribution is -2.06. The van der Waals surface area contributed by atoms with Crippen molar-refractivity contribution in [3.63, 3.8) is 0 Å². The Morgan fingerprint density at radius 3 is 2.71 bits per heavy atom. The third-order valence-corrected chi connectivity index (χ3v) is 1.76. The molecule has 2 heteroatoms. The number of unbranched alkanes of at least 4 members (excludes halogenated alkanes) is 1. The van der Waals surface area contributed by atoms with Gasteiger partial charge in [0, 0.05) is 6.42 Å². The van der Waals surface area contributed by atoms with E-state index in [4.69, 9.17) is 4.74 Å². The van der Waals surface area contributed by atoms with E-state index in [1.165, 1.54) is 0 Å². The van der Waals surface area contributed by atoms with E-state index in [9.17, 15) is 4.79 Å². The highest BCUT2D eigenvalue weighted by atomic mass is 16.5. The van der Waals surface area contributed by atoms with E-state index in [0.29, 0.717) is 12.2 Å². The summed E-state index contributed by atoms with van der Waals surface area (Å²) in [5, 5.41) is 0. The molecule has 0 aliphatic rings. The summed E-state index contributed by atoms with van der Waals surface area (Å²) in [4.78, 5) is 11.2. The Bertz CT molecular complexity index is 290. The highest BCUT2D eigenvalue weighted by Gasteiger charge is 2.02. The van der Waals surface area contributed by atoms with E-state index < -0.39 is 0 Å². The smallest absolute Gasteiger partial charge is 0.311 e. The minimum absolute atomic E-state index is 0.182. The molecule has 0 aliphatic heterocycles. The summed E-state index contributed by atoms with van der Waals surface area (Å²) in [5.74, 6) is 0.425. The van der Waals surface area contributed by atoms with Crippen LogP contribution < -0.4 is 4.74 Å². The molecule has 0 bridgehead atoms. The zero-order valence-electron chi connectivity index (χ0n) is 8.11. The molecule has 0 spiro atoms. The summed E-state index contributed by atoms with van der Waals surface area (Å²) in [5.41, 5.74) is 0. The predicted molar refractivity (Wildman–Crippen MR) is 56.1 cm³/mol. The van der Waals surface area contributed by atoms with Crippen molar-refractivity contribution in [2.75, 3.05) is 0 Å². The second-order valence-electron chi connectivity index (χ2n) is 2.97. The molecule has 14 heavy (non-hydrogen) atoms. The van der Waals surface area contributed by atoms with Gasteiger partial charge in [-0.3, -0.25) is 4.79 Å². The number of hydrogen-bond acceptors (Lipinski definition) is 2. The number of esters is 1. The maximum atomic E-state index is 11.2. The van der Waals surface area contributed by atoms with Crippen molar-refractivity contribution in [2.24, 2.45) is 0 Å². The first-order valence-corrected chi connectivity index (χ1v) is 4.69. The van der Waals surface area contributed by atoms with Crippen molar-refractivity contribution >= 4 is 5.97 Å². The maximum absolute atomic E-state index is 11.2. The van der Waals surface area contributed by atoms with Crippen molar-refractivity contribution in [1.29, 1.82) is 0 Å². The van der Waals surface area contributed by atoms with Gasteiger partial charge >= 0.3 is 5.97 Å². The van der Waals surface area contributed by atoms with Crippen molar-refractivity contribution in [2.45, 2.75) is 19.3 Å². The van der Waals surface area contributed by atoms with Crippen LogP contribution in [0.15, 0.2) is 43.0 Å². The van der Waals surface area contributed by atoms with E-state index in [2.05, 4.69) is 6.58 Å². The summed E-state index contributed by atoms with van der Waals surface area (Å²) in [6, 6.07) is 9.10. The van der Waals surface area contributed by atoms with Gasteiger partial charge in [-0.2, -0.15) is 0 Å². The van der Waals surface area contributed by atoms with Gasteiger partial charge in [-0.25, -0.2) is 0 Å². The fourth-order valence-corrected chi connectivity index (χ4v) is 1.06. The van der Waals surface area contributed by atoms with Gasteiger partial charge in [-0.15, -0.1) is 6.58 Å². The standard InChI is InChI=1S/C12H14O2/c1-2-3-5-10-12(13)14-11-8-6-4-7-9-11/h2,4,6-9H,1,3,5,10H2. The van der Waals surface area contributed by atoms with Gasteiger partial charge in [0.2, 0.25) is 0 Å². The maximum Gasteiger partial charge on any atom is 0.311 e. The van der Waals surface area contributed by atoms with Crippen LogP contribution in [0, 0.1) is 0 Å². The molecular weight excluding hydrogens is 176 g/mol. The summed E-state index contributed by atoms with van der Waals surface area (Å²) >= 11 is 0. The highest BCUT2D eigenvalue weighted by Crippen LogP contribution is 2.10. The average molecular weight is 190 g/mol. The van der Waals surface area contributed by atoms with E-state index in [1.54, 1.807) is 18.2 Å². The number of para-hydroxylation sites is 1. The topological polar surface area (TPSA) is 26.3 Å². The molecule has 0 heterocycles. The SMILES string of the molecule is C=CCCCC(=O)Oc1ccccc1. The Labute approximate surface area is 84.2 Å². The number of benzene rings is 1. The third-order valence-electron chi connectivity index (χ3n) is 1.76. The normalized spacial score (nSPS) is 9.43. The minimum Gasteiger partial charge on any atom is -0.427 e. The van der Waals surface area contributed by atoms with E-state index in [0.717, 1.165) is 12.8 Å². The van der Waals surface area contributed by atoms with Crippen LogP contribution in [0.4, 0.5) is 0 Å². The van der Waals surface area contributed by atoms with Crippen LogP contribution in [0.2, 0.25) is 0 Å². The van der Waals surface area contributed by atoms with E-state index in [-0.39, 0.29) is 5.97 Å². The Morgan fingerprint density at radius 2 is 2.07 bits per heavy atom. The van der Waals surface area contributed by atoms with Crippen LogP contribution in [0.5, 0.6) is 5.75 Å².